The number of nitrogens with zero attached hydrogens (tertiary/aromatic N) is 2. The van der Waals surface area contributed by atoms with E-state index in [0.29, 0.717) is 27.3 Å². The maximum atomic E-state index is 11.8. The number of hydrogen-bond donors (Lipinski definition) is 2. The van der Waals surface area contributed by atoms with Crippen molar-refractivity contribution in [3.05, 3.63) is 57.1 Å². The molecule has 0 aliphatic heterocycles. The zero-order valence-electron chi connectivity index (χ0n) is 13.5. The Hall–Kier alpha value is -2.98. The Balaban J connectivity index is 2.04. The molecule has 2 N–H and O–H groups in total. The topological polar surface area (TPSA) is 107 Å². The molecule has 0 unspecified atom stereocenters. The van der Waals surface area contributed by atoms with Gasteiger partial charge in [-0.15, -0.1) is 11.8 Å². The van der Waals surface area contributed by atoms with E-state index in [0.717, 1.165) is 11.3 Å². The third-order valence-corrected chi connectivity index (χ3v) is 4.74. The summed E-state index contributed by atoms with van der Waals surface area (Å²) in [5.74, 6) is -0.297. The lowest BCUT2D eigenvalue weighted by Crippen LogP contribution is -2.00. The third-order valence-electron chi connectivity index (χ3n) is 3.71. The molecule has 0 fully saturated rings. The first-order chi connectivity index (χ1) is 11.9. The van der Waals surface area contributed by atoms with Gasteiger partial charge in [-0.25, -0.2) is 9.78 Å². The van der Waals surface area contributed by atoms with Gasteiger partial charge in [0.1, 0.15) is 16.7 Å². The molecule has 0 saturated heterocycles. The van der Waals surface area contributed by atoms with Gasteiger partial charge in [0.15, 0.2) is 11.5 Å². The number of rotatable bonds is 3. The molecule has 0 saturated carbocycles. The summed E-state index contributed by atoms with van der Waals surface area (Å²) in [6.45, 7) is 3.70. The average Bonchev–Trinajstić information content (AvgIpc) is 2.54. The number of phenolic OH excluding ortho intramolecular Hbond substituents is 2. The quantitative estimate of drug-likeness (QED) is 0.422. The molecule has 2 heterocycles. The molecule has 25 heavy (non-hydrogen) atoms. The Bertz CT molecular complexity index is 1080. The third kappa shape index (κ3) is 3.30. The standard InChI is InChI=1S/C18H14N2O4S/c1-9-3-10(2)20-18(13(9)7-19)25-8-11-4-17(23)24-16-6-15(22)14(21)5-12(11)16/h3-6,21-22H,8H2,1-2H3. The second-order valence-corrected chi connectivity index (χ2v) is 6.55. The van der Waals surface area contributed by atoms with Gasteiger partial charge in [-0.05, 0) is 37.1 Å². The largest absolute Gasteiger partial charge is 0.504 e. The molecular weight excluding hydrogens is 340 g/mol. The number of nitriles is 1. The molecule has 0 bridgehead atoms. The van der Waals surface area contributed by atoms with E-state index in [-0.39, 0.29) is 17.1 Å². The minimum absolute atomic E-state index is 0.187. The number of fused-ring (bicyclic) bond motifs is 1. The van der Waals surface area contributed by atoms with Gasteiger partial charge < -0.3 is 14.6 Å². The number of pyridine rings is 1. The van der Waals surface area contributed by atoms with Crippen LogP contribution in [-0.4, -0.2) is 15.2 Å². The molecule has 0 amide bonds. The summed E-state index contributed by atoms with van der Waals surface area (Å²) < 4.78 is 5.07. The highest BCUT2D eigenvalue weighted by atomic mass is 32.2. The molecule has 7 heteroatoms. The molecule has 1 aromatic carbocycles. The molecule has 0 aliphatic rings. The van der Waals surface area contributed by atoms with Crippen LogP contribution < -0.4 is 5.63 Å². The number of hydrogen-bond acceptors (Lipinski definition) is 7. The van der Waals surface area contributed by atoms with Crippen LogP contribution in [0.25, 0.3) is 11.0 Å². The Labute approximate surface area is 147 Å². The lowest BCUT2D eigenvalue weighted by Gasteiger charge is -2.09. The molecule has 126 valence electrons. The molecular formula is C18H14N2O4S. The highest BCUT2D eigenvalue weighted by molar-refractivity contribution is 7.98. The summed E-state index contributed by atoms with van der Waals surface area (Å²) in [7, 11) is 0. The van der Waals surface area contributed by atoms with Gasteiger partial charge in [-0.2, -0.15) is 5.26 Å². The predicted molar refractivity (Wildman–Crippen MR) is 93.8 cm³/mol. The summed E-state index contributed by atoms with van der Waals surface area (Å²) in [4.78, 5) is 16.2. The smallest absolute Gasteiger partial charge is 0.336 e. The van der Waals surface area contributed by atoms with E-state index in [2.05, 4.69) is 11.1 Å². The molecule has 3 rings (SSSR count). The molecule has 0 radical (unpaired) electrons. The van der Waals surface area contributed by atoms with E-state index in [1.807, 2.05) is 19.9 Å². The first-order valence-corrected chi connectivity index (χ1v) is 8.37. The summed E-state index contributed by atoms with van der Waals surface area (Å²) in [5.41, 5.74) is 2.41. The predicted octanol–water partition coefficient (Wildman–Crippen LogP) is 3.38. The Morgan fingerprint density at radius 2 is 1.92 bits per heavy atom. The highest BCUT2D eigenvalue weighted by Crippen LogP contribution is 2.34. The van der Waals surface area contributed by atoms with Crippen LogP contribution in [-0.2, 0) is 5.75 Å². The van der Waals surface area contributed by atoms with Crippen LogP contribution in [0.15, 0.2) is 38.5 Å². The number of phenols is 2. The van der Waals surface area contributed by atoms with Crippen molar-refractivity contribution in [3.8, 4) is 17.6 Å². The zero-order valence-corrected chi connectivity index (χ0v) is 14.3. The van der Waals surface area contributed by atoms with Crippen LogP contribution in [0.4, 0.5) is 0 Å². The summed E-state index contributed by atoms with van der Waals surface area (Å²) >= 11 is 1.33. The minimum atomic E-state index is -0.554. The van der Waals surface area contributed by atoms with Crippen LogP contribution in [0.5, 0.6) is 11.5 Å². The van der Waals surface area contributed by atoms with Crippen molar-refractivity contribution in [2.45, 2.75) is 24.6 Å². The van der Waals surface area contributed by atoms with E-state index in [4.69, 9.17) is 4.42 Å². The van der Waals surface area contributed by atoms with Crippen LogP contribution in [0.3, 0.4) is 0 Å². The van der Waals surface area contributed by atoms with Crippen LogP contribution in [0.1, 0.15) is 22.4 Å². The lowest BCUT2D eigenvalue weighted by atomic mass is 10.1. The molecule has 2 aromatic heterocycles. The monoisotopic (exact) mass is 354 g/mol. The number of aryl methyl sites for hydroxylation is 2. The second kappa shape index (κ2) is 6.49. The fraction of sp³-hybridized carbons (Fsp3) is 0.167. The van der Waals surface area contributed by atoms with Gasteiger partial charge in [-0.1, -0.05) is 0 Å². The maximum absolute atomic E-state index is 11.8. The van der Waals surface area contributed by atoms with Crippen molar-refractivity contribution in [1.29, 1.82) is 5.26 Å². The molecule has 3 aromatic rings. The summed E-state index contributed by atoms with van der Waals surface area (Å²) in [6, 6.07) is 7.89. The molecule has 0 atom stereocenters. The van der Waals surface area contributed by atoms with Crippen molar-refractivity contribution < 1.29 is 14.6 Å². The Morgan fingerprint density at radius 1 is 1.20 bits per heavy atom. The average molecular weight is 354 g/mol. The SMILES string of the molecule is Cc1cc(C)c(C#N)c(SCc2cc(=O)oc3cc(O)c(O)cc23)n1. The van der Waals surface area contributed by atoms with E-state index in [1.165, 1.54) is 30.0 Å². The maximum Gasteiger partial charge on any atom is 0.336 e. The number of thioether (sulfide) groups is 1. The first-order valence-electron chi connectivity index (χ1n) is 7.39. The van der Waals surface area contributed by atoms with Gasteiger partial charge in [0.05, 0.1) is 5.56 Å². The van der Waals surface area contributed by atoms with E-state index >= 15 is 0 Å². The van der Waals surface area contributed by atoms with Crippen molar-refractivity contribution in [2.75, 3.05) is 0 Å². The van der Waals surface area contributed by atoms with Gasteiger partial charge >= 0.3 is 5.63 Å². The van der Waals surface area contributed by atoms with Crippen LogP contribution >= 0.6 is 11.8 Å². The van der Waals surface area contributed by atoms with Gasteiger partial charge in [0.2, 0.25) is 0 Å². The molecule has 0 aliphatic carbocycles. The molecule has 6 nitrogen and oxygen atoms in total. The molecule has 0 spiro atoms. The lowest BCUT2D eigenvalue weighted by molar-refractivity contribution is 0.403. The summed E-state index contributed by atoms with van der Waals surface area (Å²) in [5, 5.41) is 29.7. The Morgan fingerprint density at radius 3 is 2.64 bits per heavy atom. The highest BCUT2D eigenvalue weighted by Gasteiger charge is 2.13. The van der Waals surface area contributed by atoms with Crippen molar-refractivity contribution in [1.82, 2.24) is 4.98 Å². The van der Waals surface area contributed by atoms with Crippen molar-refractivity contribution in [2.24, 2.45) is 0 Å². The minimum Gasteiger partial charge on any atom is -0.504 e. The van der Waals surface area contributed by atoms with Crippen molar-refractivity contribution >= 4 is 22.7 Å². The van der Waals surface area contributed by atoms with Gasteiger partial charge in [-0.3, -0.25) is 0 Å². The normalized spacial score (nSPS) is 10.8. The van der Waals surface area contributed by atoms with Crippen LogP contribution in [0, 0.1) is 25.2 Å². The second-order valence-electron chi connectivity index (χ2n) is 5.59. The number of aromatic hydroxyl groups is 2. The van der Waals surface area contributed by atoms with Gasteiger partial charge in [0.25, 0.3) is 0 Å². The number of aromatic nitrogens is 1. The van der Waals surface area contributed by atoms with E-state index in [1.54, 1.807) is 0 Å². The van der Waals surface area contributed by atoms with Gasteiger partial charge in [0, 0.05) is 29.0 Å². The first kappa shape index (κ1) is 16.9. The fourth-order valence-electron chi connectivity index (χ4n) is 2.56. The fourth-order valence-corrected chi connectivity index (χ4v) is 3.65. The zero-order chi connectivity index (χ0) is 18.1. The van der Waals surface area contributed by atoms with E-state index < -0.39 is 5.63 Å². The van der Waals surface area contributed by atoms with E-state index in [9.17, 15) is 20.3 Å². The number of benzene rings is 1. The summed E-state index contributed by atoms with van der Waals surface area (Å²) in [6.07, 6.45) is 0. The van der Waals surface area contributed by atoms with Crippen molar-refractivity contribution in [3.63, 3.8) is 0 Å². The van der Waals surface area contributed by atoms with Crippen LogP contribution in [0.2, 0.25) is 0 Å². The Kier molecular flexibility index (Phi) is 4.38.